The van der Waals surface area contributed by atoms with E-state index in [2.05, 4.69) is 5.10 Å². The molecule has 2 rings (SSSR count). The van der Waals surface area contributed by atoms with Crippen LogP contribution in [0.5, 0.6) is 0 Å². The normalized spacial score (nSPS) is 11.7. The molecule has 0 atom stereocenters. The zero-order valence-electron chi connectivity index (χ0n) is 12.3. The van der Waals surface area contributed by atoms with Gasteiger partial charge < -0.3 is 10.3 Å². The van der Waals surface area contributed by atoms with E-state index >= 15 is 0 Å². The third kappa shape index (κ3) is 3.61. The molecule has 9 heteroatoms. The minimum Gasteiger partial charge on any atom is -0.365 e. The van der Waals surface area contributed by atoms with Crippen molar-refractivity contribution in [2.75, 3.05) is 0 Å². The molecule has 0 aromatic carbocycles. The molecule has 23 heavy (non-hydrogen) atoms. The Morgan fingerprint density at radius 2 is 2.04 bits per heavy atom. The van der Waals surface area contributed by atoms with Gasteiger partial charge in [0.15, 0.2) is 0 Å². The second-order valence-electron chi connectivity index (χ2n) is 4.91. The Kier molecular flexibility index (Phi) is 4.57. The Bertz CT molecular complexity index is 777. The average molecular weight is 328 g/mol. The SMILES string of the molecule is CCn1cc(CCn2c(C(F)(F)F)ccc(C(N)=O)c2=O)cn1. The molecule has 0 spiro atoms. The van der Waals surface area contributed by atoms with Gasteiger partial charge in [-0.25, -0.2) is 0 Å². The van der Waals surface area contributed by atoms with Crippen LogP contribution in [-0.4, -0.2) is 20.3 Å². The van der Waals surface area contributed by atoms with Gasteiger partial charge in [0, 0.05) is 19.3 Å². The van der Waals surface area contributed by atoms with Crippen molar-refractivity contribution in [1.29, 1.82) is 0 Å². The fraction of sp³-hybridized carbons (Fsp3) is 0.357. The van der Waals surface area contributed by atoms with Crippen LogP contribution in [0.3, 0.4) is 0 Å². The molecule has 0 aliphatic heterocycles. The van der Waals surface area contributed by atoms with Gasteiger partial charge in [-0.2, -0.15) is 18.3 Å². The molecule has 0 aliphatic rings. The Morgan fingerprint density at radius 3 is 2.57 bits per heavy atom. The molecular weight excluding hydrogens is 313 g/mol. The highest BCUT2D eigenvalue weighted by Gasteiger charge is 2.35. The lowest BCUT2D eigenvalue weighted by Gasteiger charge is -2.15. The maximum Gasteiger partial charge on any atom is 0.431 e. The summed E-state index contributed by atoms with van der Waals surface area (Å²) in [6.07, 6.45) is -1.32. The number of hydrogen-bond acceptors (Lipinski definition) is 3. The van der Waals surface area contributed by atoms with Crippen LogP contribution in [-0.2, 0) is 25.7 Å². The highest BCUT2D eigenvalue weighted by Crippen LogP contribution is 2.28. The van der Waals surface area contributed by atoms with Crippen LogP contribution < -0.4 is 11.3 Å². The summed E-state index contributed by atoms with van der Waals surface area (Å²) >= 11 is 0. The number of rotatable bonds is 5. The number of nitrogens with two attached hydrogens (primary N) is 1. The molecule has 2 heterocycles. The molecule has 2 N–H and O–H groups in total. The van der Waals surface area contributed by atoms with E-state index in [9.17, 15) is 22.8 Å². The fourth-order valence-corrected chi connectivity index (χ4v) is 2.18. The predicted molar refractivity (Wildman–Crippen MR) is 75.8 cm³/mol. The van der Waals surface area contributed by atoms with Crippen molar-refractivity contribution in [2.24, 2.45) is 5.73 Å². The second-order valence-corrected chi connectivity index (χ2v) is 4.91. The van der Waals surface area contributed by atoms with E-state index in [1.807, 2.05) is 6.92 Å². The summed E-state index contributed by atoms with van der Waals surface area (Å²) in [4.78, 5) is 23.3. The Labute approximate surface area is 129 Å². The van der Waals surface area contributed by atoms with Crippen LogP contribution in [0.4, 0.5) is 13.2 Å². The zero-order chi connectivity index (χ0) is 17.2. The van der Waals surface area contributed by atoms with Gasteiger partial charge in [0.1, 0.15) is 11.3 Å². The number of hydrogen-bond donors (Lipinski definition) is 1. The van der Waals surface area contributed by atoms with Crippen molar-refractivity contribution in [1.82, 2.24) is 14.3 Å². The van der Waals surface area contributed by atoms with Crippen LogP contribution >= 0.6 is 0 Å². The topological polar surface area (TPSA) is 82.9 Å². The van der Waals surface area contributed by atoms with Gasteiger partial charge in [-0.3, -0.25) is 14.3 Å². The van der Waals surface area contributed by atoms with E-state index in [-0.39, 0.29) is 13.0 Å². The number of halogens is 3. The first-order chi connectivity index (χ1) is 10.7. The third-order valence-electron chi connectivity index (χ3n) is 3.36. The van der Waals surface area contributed by atoms with E-state index in [1.165, 1.54) is 6.20 Å². The summed E-state index contributed by atoms with van der Waals surface area (Å²) < 4.78 is 41.3. The maximum atomic E-state index is 13.1. The molecule has 0 radical (unpaired) electrons. The molecule has 0 saturated carbocycles. The van der Waals surface area contributed by atoms with E-state index in [0.717, 1.165) is 6.07 Å². The van der Waals surface area contributed by atoms with Crippen molar-refractivity contribution < 1.29 is 18.0 Å². The number of pyridine rings is 1. The average Bonchev–Trinajstić information content (AvgIpc) is 2.92. The number of aromatic nitrogens is 3. The molecular formula is C14H15F3N4O2. The predicted octanol–water partition coefficient (Wildman–Crippen LogP) is 1.43. The first-order valence-corrected chi connectivity index (χ1v) is 6.86. The van der Waals surface area contributed by atoms with Crippen LogP contribution in [0.1, 0.15) is 28.5 Å². The van der Waals surface area contributed by atoms with E-state index < -0.39 is 28.9 Å². The summed E-state index contributed by atoms with van der Waals surface area (Å²) in [5.41, 5.74) is 3.08. The molecule has 0 aliphatic carbocycles. The smallest absolute Gasteiger partial charge is 0.365 e. The van der Waals surface area contributed by atoms with Crippen LogP contribution in [0.15, 0.2) is 29.3 Å². The lowest BCUT2D eigenvalue weighted by molar-refractivity contribution is -0.144. The highest BCUT2D eigenvalue weighted by molar-refractivity contribution is 5.92. The van der Waals surface area contributed by atoms with Crippen molar-refractivity contribution in [3.05, 3.63) is 51.7 Å². The number of alkyl halides is 3. The zero-order valence-corrected chi connectivity index (χ0v) is 12.3. The first kappa shape index (κ1) is 16.8. The van der Waals surface area contributed by atoms with Gasteiger partial charge in [0.05, 0.1) is 6.20 Å². The standard InChI is InChI=1S/C14H15F3N4O2/c1-2-20-8-9(7-19-20)5-6-21-11(14(15,16)17)4-3-10(12(18)22)13(21)23/h3-4,7-8H,2,5-6H2,1H3,(H2,18,22). The first-order valence-electron chi connectivity index (χ1n) is 6.86. The summed E-state index contributed by atoms with van der Waals surface area (Å²) in [5.74, 6) is -1.06. The summed E-state index contributed by atoms with van der Waals surface area (Å²) in [6, 6.07) is 1.50. The van der Waals surface area contributed by atoms with Crippen molar-refractivity contribution in [3.63, 3.8) is 0 Å². The Morgan fingerprint density at radius 1 is 1.35 bits per heavy atom. The minimum absolute atomic E-state index is 0.172. The molecule has 0 fully saturated rings. The van der Waals surface area contributed by atoms with Gasteiger partial charge >= 0.3 is 6.18 Å². The number of carbonyl (C=O) groups excluding carboxylic acids is 1. The molecule has 0 bridgehead atoms. The van der Waals surface area contributed by atoms with Crippen molar-refractivity contribution in [3.8, 4) is 0 Å². The summed E-state index contributed by atoms with van der Waals surface area (Å²) in [5, 5.41) is 4.02. The van der Waals surface area contributed by atoms with E-state index in [0.29, 0.717) is 22.7 Å². The van der Waals surface area contributed by atoms with Gasteiger partial charge in [0.25, 0.3) is 11.5 Å². The van der Waals surface area contributed by atoms with Crippen LogP contribution in [0.25, 0.3) is 0 Å². The van der Waals surface area contributed by atoms with Crippen LogP contribution in [0.2, 0.25) is 0 Å². The van der Waals surface area contributed by atoms with E-state index in [4.69, 9.17) is 5.73 Å². The lowest BCUT2D eigenvalue weighted by Crippen LogP contribution is -2.34. The molecule has 6 nitrogen and oxygen atoms in total. The number of nitrogens with zero attached hydrogens (tertiary/aromatic N) is 3. The fourth-order valence-electron chi connectivity index (χ4n) is 2.18. The van der Waals surface area contributed by atoms with Gasteiger partial charge in [0.2, 0.25) is 0 Å². The largest absolute Gasteiger partial charge is 0.431 e. The third-order valence-corrected chi connectivity index (χ3v) is 3.36. The Balaban J connectivity index is 2.39. The van der Waals surface area contributed by atoms with Crippen molar-refractivity contribution in [2.45, 2.75) is 32.6 Å². The van der Waals surface area contributed by atoms with Crippen LogP contribution in [0, 0.1) is 0 Å². The van der Waals surface area contributed by atoms with Gasteiger partial charge in [-0.15, -0.1) is 0 Å². The second kappa shape index (κ2) is 6.27. The molecule has 1 amide bonds. The Hall–Kier alpha value is -2.58. The molecule has 2 aromatic rings. The van der Waals surface area contributed by atoms with E-state index in [1.54, 1.807) is 10.9 Å². The lowest BCUT2D eigenvalue weighted by atomic mass is 10.2. The number of amides is 1. The number of carbonyl (C=O) groups is 1. The van der Waals surface area contributed by atoms with Crippen molar-refractivity contribution >= 4 is 5.91 Å². The maximum absolute atomic E-state index is 13.1. The summed E-state index contributed by atoms with van der Waals surface area (Å²) in [7, 11) is 0. The molecule has 2 aromatic heterocycles. The monoisotopic (exact) mass is 328 g/mol. The number of primary amides is 1. The summed E-state index contributed by atoms with van der Waals surface area (Å²) in [6.45, 7) is 2.27. The van der Waals surface area contributed by atoms with Gasteiger partial charge in [-0.1, -0.05) is 0 Å². The highest BCUT2D eigenvalue weighted by atomic mass is 19.4. The molecule has 0 saturated heterocycles. The molecule has 124 valence electrons. The van der Waals surface area contributed by atoms with Gasteiger partial charge in [-0.05, 0) is 31.0 Å². The minimum atomic E-state index is -4.71. The molecule has 0 unspecified atom stereocenters. The number of aryl methyl sites for hydroxylation is 2. The quantitative estimate of drug-likeness (QED) is 0.901.